The van der Waals surface area contributed by atoms with Gasteiger partial charge in [-0.05, 0) is 49.7 Å². The molecule has 0 spiro atoms. The highest BCUT2D eigenvalue weighted by Gasteiger charge is 2.09. The fourth-order valence-corrected chi connectivity index (χ4v) is 1.36. The number of carbonyl (C=O) groups excluding carboxylic acids is 1. The lowest BCUT2D eigenvalue weighted by Crippen LogP contribution is -2.13. The van der Waals surface area contributed by atoms with Gasteiger partial charge in [0.25, 0.3) is 0 Å². The monoisotopic (exact) mass is 288 g/mol. The number of para-hydroxylation sites is 1. The predicted molar refractivity (Wildman–Crippen MR) is 81.4 cm³/mol. The minimum Gasteiger partial charge on any atom is -0.508 e. The van der Waals surface area contributed by atoms with E-state index in [1.807, 2.05) is 19.9 Å². The van der Waals surface area contributed by atoms with Gasteiger partial charge in [-0.25, -0.2) is 4.79 Å². The fourth-order valence-electron chi connectivity index (χ4n) is 1.36. The Morgan fingerprint density at radius 1 is 1.00 bits per heavy atom. The van der Waals surface area contributed by atoms with Crippen molar-refractivity contribution in [2.75, 3.05) is 0 Å². The number of rotatable bonds is 3. The lowest BCUT2D eigenvalue weighted by atomic mass is 10.2. The Hall–Kier alpha value is -2.49. The highest BCUT2D eigenvalue weighted by Crippen LogP contribution is 2.11. The van der Waals surface area contributed by atoms with Gasteiger partial charge >= 0.3 is 5.97 Å². The molecule has 0 aliphatic heterocycles. The van der Waals surface area contributed by atoms with Crippen LogP contribution in [-0.4, -0.2) is 22.3 Å². The molecule has 0 aliphatic rings. The summed E-state index contributed by atoms with van der Waals surface area (Å²) in [6.07, 6.45) is 0.723. The summed E-state index contributed by atoms with van der Waals surface area (Å²) in [5.41, 5.74) is 0.461. The first-order valence-electron chi connectivity index (χ1n) is 6.77. The van der Waals surface area contributed by atoms with Gasteiger partial charge in [0.15, 0.2) is 0 Å². The number of benzene rings is 2. The van der Waals surface area contributed by atoms with Gasteiger partial charge in [-0.3, -0.25) is 0 Å². The van der Waals surface area contributed by atoms with Crippen molar-refractivity contribution in [1.29, 1.82) is 0 Å². The third kappa shape index (κ3) is 6.47. The van der Waals surface area contributed by atoms with E-state index in [0.29, 0.717) is 11.3 Å². The molecule has 0 aromatic heterocycles. The van der Waals surface area contributed by atoms with E-state index in [9.17, 15) is 4.79 Å². The van der Waals surface area contributed by atoms with Gasteiger partial charge in [-0.1, -0.05) is 25.1 Å². The van der Waals surface area contributed by atoms with Gasteiger partial charge in [0, 0.05) is 0 Å². The van der Waals surface area contributed by atoms with Gasteiger partial charge in [0.1, 0.15) is 11.5 Å². The second-order valence-electron chi connectivity index (χ2n) is 4.51. The van der Waals surface area contributed by atoms with Crippen molar-refractivity contribution in [1.82, 2.24) is 0 Å². The number of phenols is 2. The topological polar surface area (TPSA) is 66.8 Å². The first kappa shape index (κ1) is 16.6. The Bertz CT molecular complexity index is 534. The summed E-state index contributed by atoms with van der Waals surface area (Å²) in [4.78, 5) is 11.4. The second-order valence-corrected chi connectivity index (χ2v) is 4.51. The Labute approximate surface area is 124 Å². The molecule has 1 atom stereocenters. The molecule has 21 heavy (non-hydrogen) atoms. The van der Waals surface area contributed by atoms with E-state index in [2.05, 4.69) is 0 Å². The van der Waals surface area contributed by atoms with Crippen LogP contribution < -0.4 is 0 Å². The molecule has 0 heterocycles. The molecule has 0 amide bonds. The largest absolute Gasteiger partial charge is 0.508 e. The maximum Gasteiger partial charge on any atom is 0.338 e. The van der Waals surface area contributed by atoms with E-state index < -0.39 is 0 Å². The third-order valence-electron chi connectivity index (χ3n) is 2.74. The van der Waals surface area contributed by atoms with Crippen molar-refractivity contribution in [3.05, 3.63) is 60.2 Å². The minimum atomic E-state index is -0.348. The van der Waals surface area contributed by atoms with Gasteiger partial charge in [-0.15, -0.1) is 0 Å². The highest BCUT2D eigenvalue weighted by atomic mass is 16.5. The molecule has 112 valence electrons. The van der Waals surface area contributed by atoms with Crippen LogP contribution in [0.15, 0.2) is 54.6 Å². The average Bonchev–Trinajstić information content (AvgIpc) is 2.49. The van der Waals surface area contributed by atoms with Crippen molar-refractivity contribution >= 4 is 5.97 Å². The van der Waals surface area contributed by atoms with Crippen LogP contribution in [0.4, 0.5) is 0 Å². The number of ether oxygens (including phenoxy) is 1. The summed E-state index contributed by atoms with van der Waals surface area (Å²) in [5.74, 6) is 0.118. The Morgan fingerprint density at radius 3 is 1.95 bits per heavy atom. The summed E-state index contributed by atoms with van der Waals surface area (Å²) >= 11 is 0. The summed E-state index contributed by atoms with van der Waals surface area (Å²) in [5, 5.41) is 17.6. The van der Waals surface area contributed by atoms with Crippen LogP contribution in [0.5, 0.6) is 11.5 Å². The van der Waals surface area contributed by atoms with Crippen LogP contribution >= 0.6 is 0 Å². The number of aromatic hydroxyl groups is 2. The van der Waals surface area contributed by atoms with Crippen molar-refractivity contribution in [3.63, 3.8) is 0 Å². The molecule has 0 fully saturated rings. The number of phenolic OH excluding ortho intramolecular Hbond substituents is 2. The van der Waals surface area contributed by atoms with Crippen molar-refractivity contribution in [2.24, 2.45) is 0 Å². The Kier molecular flexibility index (Phi) is 6.81. The van der Waals surface area contributed by atoms with E-state index in [0.717, 1.165) is 6.42 Å². The number of esters is 1. The normalized spacial score (nSPS) is 11.0. The maximum atomic E-state index is 11.4. The number of hydrogen-bond acceptors (Lipinski definition) is 4. The fraction of sp³-hybridized carbons (Fsp3) is 0.235. The van der Waals surface area contributed by atoms with Gasteiger partial charge in [0.2, 0.25) is 0 Å². The summed E-state index contributed by atoms with van der Waals surface area (Å²) in [7, 11) is 0. The first-order chi connectivity index (χ1) is 10.0. The Morgan fingerprint density at radius 2 is 1.52 bits per heavy atom. The van der Waals surface area contributed by atoms with Gasteiger partial charge < -0.3 is 14.9 Å². The molecule has 0 aliphatic carbocycles. The molecule has 2 aromatic rings. The molecule has 2 aromatic carbocycles. The van der Waals surface area contributed by atoms with E-state index in [4.69, 9.17) is 14.9 Å². The lowest BCUT2D eigenvalue weighted by molar-refractivity contribution is 0.0334. The van der Waals surface area contributed by atoms with Gasteiger partial charge in [-0.2, -0.15) is 0 Å². The standard InChI is InChI=1S/C11H14O3.C6H6O/c1-3-8(2)14-11(13)9-4-6-10(12)7-5-9;7-6-4-2-1-3-5-6/h4-8,12H,3H2,1-2H3;1-5,7H. The van der Waals surface area contributed by atoms with Crippen LogP contribution in [0, 0.1) is 0 Å². The van der Waals surface area contributed by atoms with Crippen molar-refractivity contribution in [3.8, 4) is 11.5 Å². The molecule has 4 nitrogen and oxygen atoms in total. The smallest absolute Gasteiger partial charge is 0.338 e. The third-order valence-corrected chi connectivity index (χ3v) is 2.74. The van der Waals surface area contributed by atoms with Crippen molar-refractivity contribution in [2.45, 2.75) is 26.4 Å². The van der Waals surface area contributed by atoms with Crippen molar-refractivity contribution < 1.29 is 19.7 Å². The predicted octanol–water partition coefficient (Wildman–Crippen LogP) is 3.74. The molecule has 0 saturated heterocycles. The van der Waals surface area contributed by atoms with Crippen LogP contribution in [0.3, 0.4) is 0 Å². The Balaban J connectivity index is 0.000000262. The van der Waals surface area contributed by atoms with E-state index in [-0.39, 0.29) is 17.8 Å². The molecule has 4 heteroatoms. The summed E-state index contributed by atoms with van der Waals surface area (Å²) < 4.78 is 5.10. The zero-order valence-corrected chi connectivity index (χ0v) is 12.2. The number of hydrogen-bond donors (Lipinski definition) is 2. The molecule has 2 rings (SSSR count). The van der Waals surface area contributed by atoms with Crippen LogP contribution in [0.2, 0.25) is 0 Å². The molecular formula is C17H20O4. The quantitative estimate of drug-likeness (QED) is 0.844. The number of carbonyl (C=O) groups is 1. The minimum absolute atomic E-state index is 0.0729. The molecular weight excluding hydrogens is 268 g/mol. The molecule has 1 unspecified atom stereocenters. The molecule has 0 radical (unpaired) electrons. The first-order valence-corrected chi connectivity index (χ1v) is 6.77. The van der Waals surface area contributed by atoms with Crippen LogP contribution in [0.1, 0.15) is 30.6 Å². The zero-order chi connectivity index (χ0) is 15.7. The lowest BCUT2D eigenvalue weighted by Gasteiger charge is -2.10. The van der Waals surface area contributed by atoms with E-state index in [1.54, 1.807) is 36.4 Å². The molecule has 0 saturated carbocycles. The van der Waals surface area contributed by atoms with Crippen LogP contribution in [-0.2, 0) is 4.74 Å². The molecule has 0 bridgehead atoms. The summed E-state index contributed by atoms with van der Waals surface area (Å²) in [6.45, 7) is 3.80. The van der Waals surface area contributed by atoms with Gasteiger partial charge in [0.05, 0.1) is 11.7 Å². The van der Waals surface area contributed by atoms with E-state index >= 15 is 0 Å². The highest BCUT2D eigenvalue weighted by molar-refractivity contribution is 5.89. The molecule has 2 N–H and O–H groups in total. The maximum absolute atomic E-state index is 11.4. The average molecular weight is 288 g/mol. The second kappa shape index (κ2) is 8.64. The summed E-state index contributed by atoms with van der Waals surface area (Å²) in [6, 6.07) is 14.7. The SMILES string of the molecule is CCC(C)OC(=O)c1ccc(O)cc1.Oc1ccccc1. The van der Waals surface area contributed by atoms with Crippen LogP contribution in [0.25, 0.3) is 0 Å². The zero-order valence-electron chi connectivity index (χ0n) is 12.2. The van der Waals surface area contributed by atoms with E-state index in [1.165, 1.54) is 12.1 Å².